The summed E-state index contributed by atoms with van der Waals surface area (Å²) < 4.78 is 30.9. The highest BCUT2D eigenvalue weighted by atomic mass is 19.1. The van der Waals surface area contributed by atoms with Crippen LogP contribution in [0.3, 0.4) is 0 Å². The van der Waals surface area contributed by atoms with Gasteiger partial charge in [-0.05, 0) is 41.5 Å². The topological polar surface area (TPSA) is 51.9 Å². The van der Waals surface area contributed by atoms with Gasteiger partial charge in [-0.15, -0.1) is 0 Å². The minimum atomic E-state index is -0.432. The van der Waals surface area contributed by atoms with Crippen LogP contribution in [0.4, 0.5) is 4.39 Å². The lowest BCUT2D eigenvalue weighted by Crippen LogP contribution is -2.32. The third-order valence-electron chi connectivity index (χ3n) is 5.51. The Hall–Kier alpha value is -3.64. The Balaban J connectivity index is 1.56. The molecule has 1 aromatic heterocycles. The van der Waals surface area contributed by atoms with Crippen molar-refractivity contribution in [1.29, 1.82) is 0 Å². The lowest BCUT2D eigenvalue weighted by atomic mass is 9.99. The Morgan fingerprint density at radius 1 is 1.06 bits per heavy atom. The van der Waals surface area contributed by atoms with Crippen LogP contribution in [0.1, 0.15) is 11.1 Å². The normalized spacial score (nSPS) is 13.6. The van der Waals surface area contributed by atoms with Gasteiger partial charge in [0.2, 0.25) is 0 Å². The molecule has 0 amide bonds. The van der Waals surface area contributed by atoms with Crippen molar-refractivity contribution in [1.82, 2.24) is 4.90 Å². The second kappa shape index (κ2) is 7.89. The maximum absolute atomic E-state index is 14.1. The van der Waals surface area contributed by atoms with Gasteiger partial charge >= 0.3 is 5.63 Å². The first kappa shape index (κ1) is 19.3. The van der Waals surface area contributed by atoms with E-state index in [1.165, 1.54) is 12.1 Å². The summed E-state index contributed by atoms with van der Waals surface area (Å²) in [6.07, 6.45) is 0. The van der Waals surface area contributed by atoms with E-state index in [2.05, 4.69) is 0 Å². The molecule has 5 rings (SSSR count). The van der Waals surface area contributed by atoms with E-state index in [1.54, 1.807) is 19.2 Å². The standard InChI is InChI=1S/C25H20FNO4/c1-29-18-8-6-16(7-9-18)20-12-24(28)31-25-19(20)10-11-23-21(25)14-27(15-30-23)13-17-4-2-3-5-22(17)26/h2-12H,13-15H2,1H3. The minimum Gasteiger partial charge on any atom is -0.497 e. The van der Waals surface area contributed by atoms with E-state index in [0.717, 1.165) is 27.8 Å². The van der Waals surface area contributed by atoms with Crippen LogP contribution in [0, 0.1) is 5.82 Å². The first-order valence-corrected chi connectivity index (χ1v) is 9.95. The third kappa shape index (κ3) is 3.66. The van der Waals surface area contributed by atoms with Gasteiger partial charge in [0, 0.05) is 30.1 Å². The quantitative estimate of drug-likeness (QED) is 0.440. The SMILES string of the molecule is COc1ccc(-c2cc(=O)oc3c4c(ccc23)OCN(Cc2ccccc2F)C4)cc1. The predicted octanol–water partition coefficient (Wildman–Crippen LogP) is 4.96. The van der Waals surface area contributed by atoms with Crippen LogP contribution in [-0.4, -0.2) is 18.7 Å². The number of fused-ring (bicyclic) bond motifs is 3. The molecule has 0 spiro atoms. The van der Waals surface area contributed by atoms with E-state index in [-0.39, 0.29) is 5.82 Å². The summed E-state index contributed by atoms with van der Waals surface area (Å²) in [4.78, 5) is 14.4. The van der Waals surface area contributed by atoms with Gasteiger partial charge in [-0.25, -0.2) is 9.18 Å². The van der Waals surface area contributed by atoms with E-state index < -0.39 is 5.63 Å². The molecule has 5 nitrogen and oxygen atoms in total. The summed E-state index contributed by atoms with van der Waals surface area (Å²) in [5.41, 5.74) is 3.11. The van der Waals surface area contributed by atoms with Gasteiger partial charge in [0.25, 0.3) is 0 Å². The summed E-state index contributed by atoms with van der Waals surface area (Å²) >= 11 is 0. The molecule has 6 heteroatoms. The zero-order valence-electron chi connectivity index (χ0n) is 16.9. The molecule has 1 aliphatic rings. The van der Waals surface area contributed by atoms with Crippen LogP contribution in [0.15, 0.2) is 75.9 Å². The summed E-state index contributed by atoms with van der Waals surface area (Å²) in [7, 11) is 1.61. The molecule has 4 aromatic rings. The Bertz CT molecular complexity index is 1310. The van der Waals surface area contributed by atoms with Crippen molar-refractivity contribution in [3.05, 3.63) is 94.1 Å². The fraction of sp³-hybridized carbons (Fsp3) is 0.160. The fourth-order valence-corrected chi connectivity index (χ4v) is 3.96. The Kier molecular flexibility index (Phi) is 4.92. The molecule has 1 aliphatic heterocycles. The van der Waals surface area contributed by atoms with E-state index >= 15 is 0 Å². The zero-order chi connectivity index (χ0) is 21.4. The van der Waals surface area contributed by atoms with Crippen LogP contribution in [0.25, 0.3) is 22.1 Å². The lowest BCUT2D eigenvalue weighted by Gasteiger charge is -2.29. The van der Waals surface area contributed by atoms with Crippen molar-refractivity contribution in [2.75, 3.05) is 13.8 Å². The number of benzene rings is 3. The number of methoxy groups -OCH3 is 1. The number of ether oxygens (including phenoxy) is 2. The summed E-state index contributed by atoms with van der Waals surface area (Å²) in [6.45, 7) is 1.20. The van der Waals surface area contributed by atoms with Crippen molar-refractivity contribution >= 4 is 11.0 Å². The molecule has 3 aromatic carbocycles. The lowest BCUT2D eigenvalue weighted by molar-refractivity contribution is 0.0880. The summed E-state index contributed by atoms with van der Waals surface area (Å²) in [5.74, 6) is 1.16. The molecule has 0 unspecified atom stereocenters. The van der Waals surface area contributed by atoms with E-state index in [4.69, 9.17) is 13.9 Å². The molecule has 0 fully saturated rings. The first-order valence-electron chi connectivity index (χ1n) is 9.95. The van der Waals surface area contributed by atoms with E-state index in [0.29, 0.717) is 36.7 Å². The number of hydrogen-bond donors (Lipinski definition) is 0. The highest BCUT2D eigenvalue weighted by Gasteiger charge is 2.23. The fourth-order valence-electron chi connectivity index (χ4n) is 3.96. The van der Waals surface area contributed by atoms with Crippen molar-refractivity contribution in [3.63, 3.8) is 0 Å². The van der Waals surface area contributed by atoms with Crippen molar-refractivity contribution in [2.45, 2.75) is 13.1 Å². The molecule has 0 bridgehead atoms. The molecule has 0 N–H and O–H groups in total. The van der Waals surface area contributed by atoms with Gasteiger partial charge in [0.15, 0.2) is 0 Å². The molecule has 0 saturated heterocycles. The Labute approximate surface area is 178 Å². The molecule has 0 aliphatic carbocycles. The van der Waals surface area contributed by atoms with Crippen LogP contribution < -0.4 is 15.1 Å². The van der Waals surface area contributed by atoms with E-state index in [1.807, 2.05) is 47.4 Å². The number of hydrogen-bond acceptors (Lipinski definition) is 5. The third-order valence-corrected chi connectivity index (χ3v) is 5.51. The van der Waals surface area contributed by atoms with Crippen LogP contribution in [0.2, 0.25) is 0 Å². The highest BCUT2D eigenvalue weighted by molar-refractivity contribution is 5.95. The van der Waals surface area contributed by atoms with Crippen molar-refractivity contribution in [3.8, 4) is 22.6 Å². The largest absolute Gasteiger partial charge is 0.497 e. The van der Waals surface area contributed by atoms with Crippen molar-refractivity contribution in [2.24, 2.45) is 0 Å². The predicted molar refractivity (Wildman–Crippen MR) is 116 cm³/mol. The minimum absolute atomic E-state index is 0.250. The number of halogens is 1. The van der Waals surface area contributed by atoms with Crippen LogP contribution in [-0.2, 0) is 13.1 Å². The van der Waals surface area contributed by atoms with E-state index in [9.17, 15) is 9.18 Å². The van der Waals surface area contributed by atoms with Gasteiger partial charge in [-0.3, -0.25) is 4.90 Å². The molecular weight excluding hydrogens is 397 g/mol. The Morgan fingerprint density at radius 3 is 2.65 bits per heavy atom. The highest BCUT2D eigenvalue weighted by Crippen LogP contribution is 2.36. The number of rotatable bonds is 4. The van der Waals surface area contributed by atoms with Crippen molar-refractivity contribution < 1.29 is 18.3 Å². The summed E-state index contributed by atoms with van der Waals surface area (Å²) in [6, 6.07) is 19.5. The van der Waals surface area contributed by atoms with Crippen LogP contribution in [0.5, 0.6) is 11.5 Å². The molecule has 0 atom stereocenters. The molecule has 2 heterocycles. The zero-order valence-corrected chi connectivity index (χ0v) is 16.9. The maximum atomic E-state index is 14.1. The van der Waals surface area contributed by atoms with Crippen LogP contribution >= 0.6 is 0 Å². The second-order valence-corrected chi connectivity index (χ2v) is 7.48. The average Bonchev–Trinajstić information content (AvgIpc) is 2.80. The molecule has 0 saturated carbocycles. The smallest absolute Gasteiger partial charge is 0.336 e. The van der Waals surface area contributed by atoms with Gasteiger partial charge in [0.05, 0.1) is 12.7 Å². The maximum Gasteiger partial charge on any atom is 0.336 e. The first-order chi connectivity index (χ1) is 15.1. The Morgan fingerprint density at radius 2 is 1.87 bits per heavy atom. The van der Waals surface area contributed by atoms with Gasteiger partial charge in [-0.1, -0.05) is 30.3 Å². The average molecular weight is 417 g/mol. The second-order valence-electron chi connectivity index (χ2n) is 7.48. The molecule has 156 valence electrons. The molecule has 0 radical (unpaired) electrons. The molecular formula is C25H20FNO4. The molecule has 31 heavy (non-hydrogen) atoms. The van der Waals surface area contributed by atoms with Gasteiger partial charge in [-0.2, -0.15) is 0 Å². The van der Waals surface area contributed by atoms with Gasteiger partial charge in [0.1, 0.15) is 29.6 Å². The summed E-state index contributed by atoms with van der Waals surface area (Å²) in [5, 5.41) is 0.819. The number of nitrogens with zero attached hydrogens (tertiary/aromatic N) is 1. The monoisotopic (exact) mass is 417 g/mol. The van der Waals surface area contributed by atoms with Gasteiger partial charge < -0.3 is 13.9 Å².